The van der Waals surface area contributed by atoms with Gasteiger partial charge in [0.1, 0.15) is 0 Å². The maximum atomic E-state index is 10.9. The molecule has 0 bridgehead atoms. The smallest absolute Gasteiger partial charge is 0.199 e. The number of methoxy groups -OCH3 is 2. The van der Waals surface area contributed by atoms with Gasteiger partial charge in [0.2, 0.25) is 0 Å². The van der Waals surface area contributed by atoms with Gasteiger partial charge in [0, 0.05) is 23.6 Å². The second kappa shape index (κ2) is 9.16. The molecule has 0 saturated heterocycles. The van der Waals surface area contributed by atoms with Gasteiger partial charge in [-0.2, -0.15) is 0 Å². The van der Waals surface area contributed by atoms with Crippen molar-refractivity contribution in [2.24, 2.45) is 4.99 Å². The Bertz CT molecular complexity index is 1260. The summed E-state index contributed by atoms with van der Waals surface area (Å²) in [6.45, 7) is 0.819. The second-order valence-corrected chi connectivity index (χ2v) is 7.84. The molecule has 2 N–H and O–H groups in total. The third kappa shape index (κ3) is 4.31. The minimum Gasteiger partial charge on any atom is -0.494 e. The summed E-state index contributed by atoms with van der Waals surface area (Å²) in [5.74, 6) is 1.21. The Morgan fingerprint density at radius 3 is 2.34 bits per heavy atom. The Labute approximate surface area is 187 Å². The summed E-state index contributed by atoms with van der Waals surface area (Å²) in [4.78, 5) is 10.2. The third-order valence-corrected chi connectivity index (χ3v) is 5.22. The fourth-order valence-corrected chi connectivity index (χ4v) is 3.83. The number of aliphatic imine (C=N–C) groups is 1. The van der Waals surface area contributed by atoms with E-state index in [2.05, 4.69) is 22.0 Å². The molecule has 0 amide bonds. The van der Waals surface area contributed by atoms with Crippen LogP contribution in [0.5, 0.6) is 17.4 Å². The number of nitrogens with zero attached hydrogens (tertiary/aromatic N) is 2. The normalized spacial score (nSPS) is 11.8. The average molecular weight is 430 g/mol. The van der Waals surface area contributed by atoms with Crippen LogP contribution >= 0.6 is 0 Å². The van der Waals surface area contributed by atoms with E-state index in [4.69, 9.17) is 14.5 Å². The molecule has 0 aliphatic rings. The molecule has 0 aliphatic carbocycles. The van der Waals surface area contributed by atoms with Gasteiger partial charge >= 0.3 is 0 Å². The van der Waals surface area contributed by atoms with Crippen molar-refractivity contribution in [2.45, 2.75) is 6.54 Å². The topological polar surface area (TPSA) is 70.1 Å². The number of aromatic nitrogens is 1. The van der Waals surface area contributed by atoms with E-state index >= 15 is 0 Å². The zero-order valence-corrected chi connectivity index (χ0v) is 18.7. The third-order valence-electron chi connectivity index (χ3n) is 5.22. The zero-order valence-electron chi connectivity index (χ0n) is 18.7. The van der Waals surface area contributed by atoms with Crippen LogP contribution in [0.3, 0.4) is 0 Å². The number of benzene rings is 3. The van der Waals surface area contributed by atoms with Gasteiger partial charge in [0.15, 0.2) is 17.4 Å². The van der Waals surface area contributed by atoms with E-state index in [1.807, 2.05) is 68.7 Å². The van der Waals surface area contributed by atoms with Crippen molar-refractivity contribution in [2.75, 3.05) is 28.3 Å². The molecule has 0 radical (unpaired) electrons. The molecule has 4 rings (SSSR count). The van der Waals surface area contributed by atoms with Crippen LogP contribution in [0.25, 0.3) is 10.9 Å². The van der Waals surface area contributed by atoms with Crippen LogP contribution in [-0.4, -0.2) is 49.0 Å². The first-order valence-corrected chi connectivity index (χ1v) is 10.3. The van der Waals surface area contributed by atoms with Crippen LogP contribution in [0.1, 0.15) is 16.7 Å². The minimum absolute atomic E-state index is 0.0438. The van der Waals surface area contributed by atoms with E-state index in [0.29, 0.717) is 22.8 Å². The predicted octanol–water partition coefficient (Wildman–Crippen LogP) is 5.12. The van der Waals surface area contributed by atoms with Gasteiger partial charge in [0.25, 0.3) is 0 Å². The Balaban J connectivity index is 1.94. The summed E-state index contributed by atoms with van der Waals surface area (Å²) in [6, 6.07) is 21.7. The highest BCUT2D eigenvalue weighted by Crippen LogP contribution is 2.38. The SMILES string of the molecule is COc1cc2[nH]c(O)c(C(=Nc3cccc(CN(C)C)c3)c3ccccc3)c2cc1OC. The molecule has 3 aromatic carbocycles. The number of nitrogens with one attached hydrogen (secondary N) is 1. The van der Waals surface area contributed by atoms with E-state index in [9.17, 15) is 5.11 Å². The quantitative estimate of drug-likeness (QED) is 0.400. The van der Waals surface area contributed by atoms with Gasteiger partial charge in [-0.25, -0.2) is 4.99 Å². The van der Waals surface area contributed by atoms with Crippen molar-refractivity contribution >= 4 is 22.3 Å². The van der Waals surface area contributed by atoms with Crippen molar-refractivity contribution in [1.82, 2.24) is 9.88 Å². The molecule has 6 nitrogen and oxygen atoms in total. The van der Waals surface area contributed by atoms with Crippen molar-refractivity contribution in [3.63, 3.8) is 0 Å². The monoisotopic (exact) mass is 429 g/mol. The number of rotatable bonds is 7. The van der Waals surface area contributed by atoms with Crippen molar-refractivity contribution in [3.05, 3.63) is 83.4 Å². The highest BCUT2D eigenvalue weighted by molar-refractivity contribution is 6.22. The van der Waals surface area contributed by atoms with Gasteiger partial charge in [-0.15, -0.1) is 0 Å². The lowest BCUT2D eigenvalue weighted by Gasteiger charge is -2.12. The van der Waals surface area contributed by atoms with Gasteiger partial charge in [-0.05, 0) is 37.9 Å². The van der Waals surface area contributed by atoms with E-state index in [1.54, 1.807) is 14.2 Å². The number of aromatic amines is 1. The molecule has 1 aromatic heterocycles. The Morgan fingerprint density at radius 1 is 0.938 bits per heavy atom. The van der Waals surface area contributed by atoms with Gasteiger partial charge < -0.3 is 24.5 Å². The lowest BCUT2D eigenvalue weighted by atomic mass is 10.0. The van der Waals surface area contributed by atoms with E-state index < -0.39 is 0 Å². The second-order valence-electron chi connectivity index (χ2n) is 7.84. The van der Waals surface area contributed by atoms with Crippen molar-refractivity contribution in [1.29, 1.82) is 0 Å². The molecule has 0 aliphatic heterocycles. The number of H-pyrrole nitrogens is 1. The predicted molar refractivity (Wildman–Crippen MR) is 129 cm³/mol. The molecule has 0 atom stereocenters. The van der Waals surface area contributed by atoms with Crippen LogP contribution in [-0.2, 0) is 6.54 Å². The highest BCUT2D eigenvalue weighted by atomic mass is 16.5. The first-order valence-electron chi connectivity index (χ1n) is 10.3. The highest BCUT2D eigenvalue weighted by Gasteiger charge is 2.21. The number of hydrogen-bond acceptors (Lipinski definition) is 5. The summed E-state index contributed by atoms with van der Waals surface area (Å²) >= 11 is 0. The summed E-state index contributed by atoms with van der Waals surface area (Å²) < 4.78 is 10.9. The van der Waals surface area contributed by atoms with Crippen LogP contribution in [0.15, 0.2) is 71.7 Å². The molecular weight excluding hydrogens is 402 g/mol. The Hall–Kier alpha value is -3.77. The van der Waals surface area contributed by atoms with Gasteiger partial charge in [-0.1, -0.05) is 42.5 Å². The molecule has 0 unspecified atom stereocenters. The summed E-state index contributed by atoms with van der Waals surface area (Å²) in [5.41, 5.74) is 4.90. The molecule has 1 heterocycles. The fourth-order valence-electron chi connectivity index (χ4n) is 3.83. The van der Waals surface area contributed by atoms with E-state index in [-0.39, 0.29) is 5.88 Å². The lowest BCUT2D eigenvalue weighted by molar-refractivity contribution is 0.356. The lowest BCUT2D eigenvalue weighted by Crippen LogP contribution is -2.10. The molecule has 6 heteroatoms. The molecule has 0 fully saturated rings. The van der Waals surface area contributed by atoms with Crippen LogP contribution < -0.4 is 9.47 Å². The molecule has 32 heavy (non-hydrogen) atoms. The van der Waals surface area contributed by atoms with Crippen molar-refractivity contribution < 1.29 is 14.6 Å². The maximum absolute atomic E-state index is 10.9. The maximum Gasteiger partial charge on any atom is 0.199 e. The first kappa shape index (κ1) is 21.5. The van der Waals surface area contributed by atoms with Crippen LogP contribution in [0.4, 0.5) is 5.69 Å². The van der Waals surface area contributed by atoms with Crippen molar-refractivity contribution in [3.8, 4) is 17.4 Å². The number of ether oxygens (including phenoxy) is 2. The summed E-state index contributed by atoms with van der Waals surface area (Å²) in [6.07, 6.45) is 0. The minimum atomic E-state index is 0.0438. The van der Waals surface area contributed by atoms with Gasteiger partial charge in [0.05, 0.1) is 36.7 Å². The average Bonchev–Trinajstić information content (AvgIpc) is 3.11. The fraction of sp³-hybridized carbons (Fsp3) is 0.192. The number of fused-ring (bicyclic) bond motifs is 1. The molecular formula is C26H27N3O3. The summed E-state index contributed by atoms with van der Waals surface area (Å²) in [7, 11) is 7.26. The molecule has 0 saturated carbocycles. The largest absolute Gasteiger partial charge is 0.494 e. The molecule has 164 valence electrons. The first-order chi connectivity index (χ1) is 15.5. The van der Waals surface area contributed by atoms with Gasteiger partial charge in [-0.3, -0.25) is 0 Å². The Morgan fingerprint density at radius 2 is 1.66 bits per heavy atom. The molecule has 0 spiro atoms. The van der Waals surface area contributed by atoms with Crippen LogP contribution in [0.2, 0.25) is 0 Å². The Kier molecular flexibility index (Phi) is 6.14. The number of aromatic hydroxyl groups is 1. The number of hydrogen-bond donors (Lipinski definition) is 2. The van der Waals surface area contributed by atoms with Crippen LogP contribution in [0, 0.1) is 0 Å². The zero-order chi connectivity index (χ0) is 22.7. The van der Waals surface area contributed by atoms with E-state index in [1.165, 1.54) is 5.56 Å². The van der Waals surface area contributed by atoms with E-state index in [0.717, 1.165) is 28.7 Å². The summed E-state index contributed by atoms with van der Waals surface area (Å²) in [5, 5.41) is 11.7. The standard InChI is InChI=1S/C26H27N3O3/c1-29(2)16-17-9-8-12-19(13-17)27-25(18-10-6-5-7-11-18)24-20-14-22(31-3)23(32-4)15-21(20)28-26(24)30/h5-15,28,30H,16H2,1-4H3. The molecule has 4 aromatic rings.